The number of hydrogen-bond acceptors (Lipinski definition) is 3. The Bertz CT molecular complexity index is 619. The minimum atomic E-state index is 0.202. The Morgan fingerprint density at radius 3 is 2.42 bits per heavy atom. The molecule has 0 saturated carbocycles. The average molecular weight is 272 g/mol. The fourth-order valence-corrected chi connectivity index (χ4v) is 1.84. The van der Waals surface area contributed by atoms with Crippen molar-refractivity contribution in [2.24, 2.45) is 0 Å². The van der Waals surface area contributed by atoms with Crippen molar-refractivity contribution in [2.75, 3.05) is 0 Å². The van der Waals surface area contributed by atoms with Crippen LogP contribution in [0.1, 0.15) is 19.7 Å². The first-order valence-corrected chi connectivity index (χ1v) is 6.38. The molecule has 96 valence electrons. The summed E-state index contributed by atoms with van der Waals surface area (Å²) in [6.45, 7) is 3.89. The highest BCUT2D eigenvalue weighted by Crippen LogP contribution is 2.19. The third kappa shape index (κ3) is 3.26. The van der Waals surface area contributed by atoms with Gasteiger partial charge in [0.15, 0.2) is 11.6 Å². The van der Waals surface area contributed by atoms with Crippen molar-refractivity contribution in [3.63, 3.8) is 0 Å². The van der Waals surface area contributed by atoms with Crippen molar-refractivity contribution in [2.45, 2.75) is 13.8 Å². The second-order valence-corrected chi connectivity index (χ2v) is 4.20. The van der Waals surface area contributed by atoms with Gasteiger partial charge >= 0.3 is 0 Å². The van der Waals surface area contributed by atoms with Gasteiger partial charge in [-0.25, -0.2) is 4.98 Å². The van der Waals surface area contributed by atoms with Gasteiger partial charge in [0.1, 0.15) is 0 Å². The van der Waals surface area contributed by atoms with Crippen LogP contribution >= 0.6 is 11.6 Å². The molecule has 0 amide bonds. The maximum Gasteiger partial charge on any atom is 0.226 e. The van der Waals surface area contributed by atoms with Crippen LogP contribution in [0.5, 0.6) is 0 Å². The van der Waals surface area contributed by atoms with E-state index < -0.39 is 0 Å². The number of allylic oxidation sites excluding steroid dienone is 4. The Kier molecular flexibility index (Phi) is 4.42. The normalized spacial score (nSPS) is 12.1. The molecule has 0 aliphatic carbocycles. The molecule has 0 unspecified atom stereocenters. The van der Waals surface area contributed by atoms with Gasteiger partial charge in [-0.3, -0.25) is 0 Å². The van der Waals surface area contributed by atoms with E-state index in [1.54, 1.807) is 0 Å². The third-order valence-corrected chi connectivity index (χ3v) is 2.72. The first-order valence-electron chi connectivity index (χ1n) is 6.01. The second kappa shape index (κ2) is 6.25. The molecule has 2 aromatic rings. The molecular formula is C15H14ClN3. The van der Waals surface area contributed by atoms with Crippen molar-refractivity contribution in [3.05, 3.63) is 59.7 Å². The van der Waals surface area contributed by atoms with Crippen LogP contribution < -0.4 is 0 Å². The maximum absolute atomic E-state index is 5.99. The quantitative estimate of drug-likeness (QED) is 0.787. The summed E-state index contributed by atoms with van der Waals surface area (Å²) >= 11 is 5.99. The highest BCUT2D eigenvalue weighted by Gasteiger charge is 2.08. The molecule has 0 aliphatic rings. The third-order valence-electron chi connectivity index (χ3n) is 2.56. The Labute approximate surface area is 117 Å². The van der Waals surface area contributed by atoms with E-state index in [0.717, 1.165) is 11.1 Å². The van der Waals surface area contributed by atoms with Crippen LogP contribution in [-0.4, -0.2) is 15.0 Å². The average Bonchev–Trinajstić information content (AvgIpc) is 2.45. The zero-order chi connectivity index (χ0) is 13.7. The zero-order valence-electron chi connectivity index (χ0n) is 10.8. The van der Waals surface area contributed by atoms with Crippen LogP contribution in [0.4, 0.5) is 0 Å². The van der Waals surface area contributed by atoms with E-state index in [4.69, 9.17) is 11.6 Å². The van der Waals surface area contributed by atoms with E-state index in [-0.39, 0.29) is 5.28 Å². The van der Waals surface area contributed by atoms with Gasteiger partial charge in [-0.2, -0.15) is 9.97 Å². The minimum Gasteiger partial charge on any atom is -0.208 e. The number of aromatic nitrogens is 3. The van der Waals surface area contributed by atoms with E-state index in [2.05, 4.69) is 15.0 Å². The van der Waals surface area contributed by atoms with Crippen molar-refractivity contribution in [3.8, 4) is 11.4 Å². The highest BCUT2D eigenvalue weighted by atomic mass is 35.5. The predicted molar refractivity (Wildman–Crippen MR) is 78.7 cm³/mol. The summed E-state index contributed by atoms with van der Waals surface area (Å²) in [6.07, 6.45) is 5.83. The van der Waals surface area contributed by atoms with E-state index in [0.29, 0.717) is 11.6 Å². The molecular weight excluding hydrogens is 258 g/mol. The van der Waals surface area contributed by atoms with Crippen molar-refractivity contribution >= 4 is 17.2 Å². The smallest absolute Gasteiger partial charge is 0.208 e. The van der Waals surface area contributed by atoms with Gasteiger partial charge in [0.2, 0.25) is 5.28 Å². The molecule has 0 atom stereocenters. The van der Waals surface area contributed by atoms with Gasteiger partial charge in [0, 0.05) is 11.1 Å². The van der Waals surface area contributed by atoms with Gasteiger partial charge in [-0.05, 0) is 25.4 Å². The molecule has 0 spiro atoms. The van der Waals surface area contributed by atoms with Crippen LogP contribution in [0.2, 0.25) is 5.28 Å². The summed E-state index contributed by atoms with van der Waals surface area (Å²) in [6, 6.07) is 9.72. The fourth-order valence-electron chi connectivity index (χ4n) is 1.67. The van der Waals surface area contributed by atoms with Gasteiger partial charge in [0.25, 0.3) is 0 Å². The van der Waals surface area contributed by atoms with Crippen LogP contribution in [-0.2, 0) is 0 Å². The van der Waals surface area contributed by atoms with Gasteiger partial charge < -0.3 is 0 Å². The van der Waals surface area contributed by atoms with Crippen LogP contribution in [0.25, 0.3) is 17.0 Å². The van der Waals surface area contributed by atoms with Crippen molar-refractivity contribution in [1.82, 2.24) is 15.0 Å². The summed E-state index contributed by atoms with van der Waals surface area (Å²) in [7, 11) is 0. The number of rotatable bonds is 3. The highest BCUT2D eigenvalue weighted by molar-refractivity contribution is 6.28. The lowest BCUT2D eigenvalue weighted by atomic mass is 10.2. The van der Waals surface area contributed by atoms with Crippen LogP contribution in [0.15, 0.2) is 48.6 Å². The van der Waals surface area contributed by atoms with E-state index in [1.807, 2.05) is 62.4 Å². The fraction of sp³-hybridized carbons (Fsp3) is 0.133. The summed E-state index contributed by atoms with van der Waals surface area (Å²) < 4.78 is 0. The number of nitrogens with zero attached hydrogens (tertiary/aromatic N) is 3. The maximum atomic E-state index is 5.99. The van der Waals surface area contributed by atoms with Gasteiger partial charge in [-0.15, -0.1) is 0 Å². The standard InChI is InChI=1S/C15H14ClN3/c1-3-8-11(4-2)13-17-14(19-15(16)18-13)12-9-6-5-7-10-12/h3-10H,1-2H3/b8-3-,11-4+. The lowest BCUT2D eigenvalue weighted by molar-refractivity contribution is 1.03. The summed E-state index contributed by atoms with van der Waals surface area (Å²) in [5.74, 6) is 1.17. The molecule has 1 aromatic carbocycles. The Balaban J connectivity index is 2.52. The number of hydrogen-bond donors (Lipinski definition) is 0. The monoisotopic (exact) mass is 271 g/mol. The van der Waals surface area contributed by atoms with Crippen LogP contribution in [0, 0.1) is 0 Å². The summed E-state index contributed by atoms with van der Waals surface area (Å²) in [4.78, 5) is 12.8. The van der Waals surface area contributed by atoms with E-state index in [1.165, 1.54) is 0 Å². The molecule has 0 radical (unpaired) electrons. The molecule has 1 heterocycles. The summed E-state index contributed by atoms with van der Waals surface area (Å²) in [5.41, 5.74) is 1.84. The molecule has 4 heteroatoms. The molecule has 0 bridgehead atoms. The topological polar surface area (TPSA) is 38.7 Å². The Morgan fingerprint density at radius 2 is 1.79 bits per heavy atom. The molecule has 0 N–H and O–H groups in total. The molecule has 0 fully saturated rings. The predicted octanol–water partition coefficient (Wildman–Crippen LogP) is 4.17. The molecule has 19 heavy (non-hydrogen) atoms. The number of benzene rings is 1. The molecule has 1 aromatic heterocycles. The molecule has 0 aliphatic heterocycles. The van der Waals surface area contributed by atoms with Gasteiger partial charge in [0.05, 0.1) is 0 Å². The molecule has 0 saturated heterocycles. The minimum absolute atomic E-state index is 0.202. The summed E-state index contributed by atoms with van der Waals surface area (Å²) in [5, 5.41) is 0.202. The first-order chi connectivity index (χ1) is 9.24. The number of halogens is 1. The van der Waals surface area contributed by atoms with Crippen molar-refractivity contribution < 1.29 is 0 Å². The lowest BCUT2D eigenvalue weighted by Gasteiger charge is -2.04. The van der Waals surface area contributed by atoms with E-state index in [9.17, 15) is 0 Å². The van der Waals surface area contributed by atoms with Crippen LogP contribution in [0.3, 0.4) is 0 Å². The SMILES string of the molecule is C/C=C\C(=C/C)c1nc(Cl)nc(-c2ccccc2)n1. The van der Waals surface area contributed by atoms with Gasteiger partial charge in [-0.1, -0.05) is 48.6 Å². The second-order valence-electron chi connectivity index (χ2n) is 3.86. The first kappa shape index (κ1) is 13.4. The molecule has 3 nitrogen and oxygen atoms in total. The largest absolute Gasteiger partial charge is 0.226 e. The Hall–Kier alpha value is -2.00. The molecule has 2 rings (SSSR count). The zero-order valence-corrected chi connectivity index (χ0v) is 11.6. The lowest BCUT2D eigenvalue weighted by Crippen LogP contribution is -1.99. The van der Waals surface area contributed by atoms with Crippen molar-refractivity contribution in [1.29, 1.82) is 0 Å². The Morgan fingerprint density at radius 1 is 1.05 bits per heavy atom. The van der Waals surface area contributed by atoms with E-state index >= 15 is 0 Å².